The molecule has 0 bridgehead atoms. The van der Waals surface area contributed by atoms with Gasteiger partial charge in [0.15, 0.2) is 0 Å². The van der Waals surface area contributed by atoms with Crippen molar-refractivity contribution in [3.05, 3.63) is 0 Å². The lowest BCUT2D eigenvalue weighted by Gasteiger charge is -2.16. The van der Waals surface area contributed by atoms with Gasteiger partial charge in [-0.1, -0.05) is 13.8 Å². The Labute approximate surface area is 63.6 Å². The van der Waals surface area contributed by atoms with E-state index in [1.807, 2.05) is 14.0 Å². The van der Waals surface area contributed by atoms with E-state index in [4.69, 9.17) is 0 Å². The van der Waals surface area contributed by atoms with E-state index in [-0.39, 0.29) is 6.10 Å². The summed E-state index contributed by atoms with van der Waals surface area (Å²) in [4.78, 5) is 0. The topological polar surface area (TPSA) is 32.3 Å². The second-order valence-corrected chi connectivity index (χ2v) is 2.85. The Bertz CT molecular complexity index is 75.7. The lowest BCUT2D eigenvalue weighted by atomic mass is 9.99. The maximum absolute atomic E-state index is 9.33. The molecule has 0 saturated carbocycles. The summed E-state index contributed by atoms with van der Waals surface area (Å²) in [5, 5.41) is 12.4. The molecular weight excluding hydrogens is 126 g/mol. The third kappa shape index (κ3) is 3.85. The minimum absolute atomic E-state index is 0.117. The molecule has 0 saturated heterocycles. The number of aliphatic hydroxyl groups is 1. The van der Waals surface area contributed by atoms with Crippen LogP contribution in [0.25, 0.3) is 0 Å². The first-order valence-electron chi connectivity index (χ1n) is 4.05. The normalized spacial score (nSPS) is 16.8. The second kappa shape index (κ2) is 5.69. The van der Waals surface area contributed by atoms with Crippen molar-refractivity contribution in [2.75, 3.05) is 13.6 Å². The highest BCUT2D eigenvalue weighted by molar-refractivity contribution is 4.62. The summed E-state index contributed by atoms with van der Waals surface area (Å²) >= 11 is 0. The Morgan fingerprint density at radius 2 is 2.10 bits per heavy atom. The van der Waals surface area contributed by atoms with Crippen molar-refractivity contribution in [2.45, 2.75) is 32.8 Å². The first kappa shape index (κ1) is 9.92. The summed E-state index contributed by atoms with van der Waals surface area (Å²) in [6.07, 6.45) is 1.81. The highest BCUT2D eigenvalue weighted by Gasteiger charge is 2.10. The van der Waals surface area contributed by atoms with Crippen LogP contribution >= 0.6 is 0 Å². The predicted molar refractivity (Wildman–Crippen MR) is 44.0 cm³/mol. The third-order valence-corrected chi connectivity index (χ3v) is 1.92. The van der Waals surface area contributed by atoms with Crippen molar-refractivity contribution < 1.29 is 5.11 Å². The van der Waals surface area contributed by atoms with E-state index >= 15 is 0 Å². The van der Waals surface area contributed by atoms with Gasteiger partial charge in [-0.15, -0.1) is 0 Å². The first-order valence-corrected chi connectivity index (χ1v) is 4.05. The lowest BCUT2D eigenvalue weighted by Crippen LogP contribution is -2.21. The molecule has 2 atom stereocenters. The second-order valence-electron chi connectivity index (χ2n) is 2.85. The van der Waals surface area contributed by atoms with Crippen molar-refractivity contribution in [3.8, 4) is 0 Å². The summed E-state index contributed by atoms with van der Waals surface area (Å²) < 4.78 is 0. The van der Waals surface area contributed by atoms with Crippen LogP contribution in [0.5, 0.6) is 0 Å². The zero-order chi connectivity index (χ0) is 7.98. The maximum atomic E-state index is 9.33. The standard InChI is InChI=1S/C8H19NO/c1-4-8(10)7(2)5-6-9-3/h7-10H,4-6H2,1-3H3. The molecule has 0 amide bonds. The summed E-state index contributed by atoms with van der Waals surface area (Å²) in [6, 6.07) is 0. The van der Waals surface area contributed by atoms with Crippen molar-refractivity contribution in [2.24, 2.45) is 5.92 Å². The lowest BCUT2D eigenvalue weighted by molar-refractivity contribution is 0.108. The van der Waals surface area contributed by atoms with Gasteiger partial charge in [0.1, 0.15) is 0 Å². The Morgan fingerprint density at radius 1 is 1.50 bits per heavy atom. The fourth-order valence-electron chi connectivity index (χ4n) is 0.967. The van der Waals surface area contributed by atoms with E-state index in [9.17, 15) is 5.11 Å². The largest absolute Gasteiger partial charge is 0.393 e. The Hall–Kier alpha value is -0.0800. The number of nitrogens with one attached hydrogen (secondary N) is 1. The van der Waals surface area contributed by atoms with Crippen LogP contribution in [0, 0.1) is 5.92 Å². The minimum atomic E-state index is -0.117. The van der Waals surface area contributed by atoms with Gasteiger partial charge in [-0.3, -0.25) is 0 Å². The van der Waals surface area contributed by atoms with Crippen LogP contribution in [0.4, 0.5) is 0 Å². The third-order valence-electron chi connectivity index (χ3n) is 1.92. The molecule has 2 nitrogen and oxygen atoms in total. The molecular formula is C8H19NO. The molecule has 0 rings (SSSR count). The fraction of sp³-hybridized carbons (Fsp3) is 1.00. The van der Waals surface area contributed by atoms with Crippen molar-refractivity contribution in [3.63, 3.8) is 0 Å². The van der Waals surface area contributed by atoms with Gasteiger partial charge < -0.3 is 10.4 Å². The van der Waals surface area contributed by atoms with E-state index in [2.05, 4.69) is 12.2 Å². The van der Waals surface area contributed by atoms with Crippen LogP contribution in [0.2, 0.25) is 0 Å². The van der Waals surface area contributed by atoms with Crippen molar-refractivity contribution in [1.29, 1.82) is 0 Å². The highest BCUT2D eigenvalue weighted by Crippen LogP contribution is 2.09. The molecule has 0 spiro atoms. The molecule has 0 aromatic rings. The maximum Gasteiger partial charge on any atom is 0.0563 e. The van der Waals surface area contributed by atoms with Gasteiger partial charge in [-0.25, -0.2) is 0 Å². The Morgan fingerprint density at radius 3 is 2.50 bits per heavy atom. The SMILES string of the molecule is CCC(O)C(C)CCNC. The molecule has 2 heteroatoms. The molecule has 0 fully saturated rings. The molecule has 62 valence electrons. The molecule has 2 unspecified atom stereocenters. The van der Waals surface area contributed by atoms with E-state index < -0.39 is 0 Å². The average Bonchev–Trinajstić information content (AvgIpc) is 1.98. The Kier molecular flexibility index (Phi) is 5.64. The number of hydrogen-bond donors (Lipinski definition) is 2. The van der Waals surface area contributed by atoms with Crippen molar-refractivity contribution >= 4 is 0 Å². The van der Waals surface area contributed by atoms with Crippen LogP contribution in [-0.2, 0) is 0 Å². The number of hydrogen-bond acceptors (Lipinski definition) is 2. The minimum Gasteiger partial charge on any atom is -0.393 e. The molecule has 0 aliphatic heterocycles. The quantitative estimate of drug-likeness (QED) is 0.605. The van der Waals surface area contributed by atoms with E-state index in [1.165, 1.54) is 0 Å². The molecule has 0 aromatic carbocycles. The van der Waals surface area contributed by atoms with Crippen LogP contribution in [0.1, 0.15) is 26.7 Å². The average molecular weight is 145 g/mol. The molecule has 2 N–H and O–H groups in total. The van der Waals surface area contributed by atoms with Gasteiger partial charge in [0, 0.05) is 0 Å². The van der Waals surface area contributed by atoms with Gasteiger partial charge in [-0.05, 0) is 32.4 Å². The number of rotatable bonds is 5. The molecule has 0 radical (unpaired) electrons. The molecule has 0 aliphatic carbocycles. The summed E-state index contributed by atoms with van der Waals surface area (Å²) in [7, 11) is 1.94. The smallest absolute Gasteiger partial charge is 0.0563 e. The van der Waals surface area contributed by atoms with Crippen LogP contribution in [0.15, 0.2) is 0 Å². The summed E-state index contributed by atoms with van der Waals surface area (Å²) in [5.41, 5.74) is 0. The van der Waals surface area contributed by atoms with Crippen LogP contribution < -0.4 is 5.32 Å². The predicted octanol–water partition coefficient (Wildman–Crippen LogP) is 1.00. The summed E-state index contributed by atoms with van der Waals surface area (Å²) in [5.74, 6) is 0.428. The molecule has 0 heterocycles. The Balaban J connectivity index is 3.31. The highest BCUT2D eigenvalue weighted by atomic mass is 16.3. The monoisotopic (exact) mass is 145 g/mol. The van der Waals surface area contributed by atoms with Gasteiger partial charge in [0.2, 0.25) is 0 Å². The van der Waals surface area contributed by atoms with Gasteiger partial charge in [0.05, 0.1) is 6.10 Å². The zero-order valence-electron chi connectivity index (χ0n) is 7.22. The summed E-state index contributed by atoms with van der Waals surface area (Å²) in [6.45, 7) is 5.10. The zero-order valence-corrected chi connectivity index (χ0v) is 7.22. The van der Waals surface area contributed by atoms with Crippen LogP contribution in [0.3, 0.4) is 0 Å². The van der Waals surface area contributed by atoms with E-state index in [0.29, 0.717) is 5.92 Å². The van der Waals surface area contributed by atoms with E-state index in [0.717, 1.165) is 19.4 Å². The fourth-order valence-corrected chi connectivity index (χ4v) is 0.967. The van der Waals surface area contributed by atoms with Gasteiger partial charge in [0.25, 0.3) is 0 Å². The van der Waals surface area contributed by atoms with Crippen molar-refractivity contribution in [1.82, 2.24) is 5.32 Å². The van der Waals surface area contributed by atoms with Crippen LogP contribution in [-0.4, -0.2) is 24.8 Å². The number of aliphatic hydroxyl groups excluding tert-OH is 1. The van der Waals surface area contributed by atoms with Gasteiger partial charge in [-0.2, -0.15) is 0 Å². The molecule has 10 heavy (non-hydrogen) atoms. The first-order chi connectivity index (χ1) is 4.72. The van der Waals surface area contributed by atoms with E-state index in [1.54, 1.807) is 0 Å². The molecule has 0 aliphatic rings. The van der Waals surface area contributed by atoms with Gasteiger partial charge >= 0.3 is 0 Å². The molecule has 0 aromatic heterocycles.